The van der Waals surface area contributed by atoms with Crippen LogP contribution in [0.5, 0.6) is 0 Å². The molecule has 35 heavy (non-hydrogen) atoms. The summed E-state index contributed by atoms with van der Waals surface area (Å²) in [4.78, 5) is 0. The predicted molar refractivity (Wildman–Crippen MR) is 150 cm³/mol. The van der Waals surface area contributed by atoms with Gasteiger partial charge < -0.3 is 0 Å². The monoisotopic (exact) mass is 476 g/mol. The van der Waals surface area contributed by atoms with Crippen LogP contribution in [0.15, 0.2) is 42.5 Å². The van der Waals surface area contributed by atoms with Crippen LogP contribution in [0.25, 0.3) is 11.1 Å². The molecule has 0 unspecified atom stereocenters. The van der Waals surface area contributed by atoms with Crippen molar-refractivity contribution >= 4 is 0 Å². The van der Waals surface area contributed by atoms with E-state index in [1.54, 1.807) is 0 Å². The first-order valence-electron chi connectivity index (χ1n) is 15.1. The summed E-state index contributed by atoms with van der Waals surface area (Å²) in [6.07, 6.45) is 21.5. The Morgan fingerprint density at radius 1 is 0.600 bits per heavy atom. The minimum absolute atomic E-state index is 0.0482. The van der Waals surface area contributed by atoms with E-state index in [4.69, 9.17) is 0 Å². The number of hydrogen-bond acceptors (Lipinski definition) is 0. The fourth-order valence-corrected chi connectivity index (χ4v) is 6.89. The minimum atomic E-state index is -0.0482. The van der Waals surface area contributed by atoms with Crippen LogP contribution in [0.1, 0.15) is 140 Å². The van der Waals surface area contributed by atoms with Crippen LogP contribution in [-0.4, -0.2) is 0 Å². The summed E-state index contributed by atoms with van der Waals surface area (Å²) in [5, 5.41) is 0. The zero-order valence-electron chi connectivity index (χ0n) is 22.5. The van der Waals surface area contributed by atoms with E-state index in [0.717, 1.165) is 23.0 Å². The Kier molecular flexibility index (Phi) is 10.3. The maximum atomic E-state index is 15.2. The zero-order valence-corrected chi connectivity index (χ0v) is 22.5. The third kappa shape index (κ3) is 7.43. The van der Waals surface area contributed by atoms with E-state index in [-0.39, 0.29) is 5.82 Å². The first kappa shape index (κ1) is 26.4. The molecule has 192 valence electrons. The quantitative estimate of drug-likeness (QED) is 0.283. The second-order valence-corrected chi connectivity index (χ2v) is 11.8. The number of unbranched alkanes of at least 4 members (excludes halogenated alkanes) is 4. The molecule has 2 aliphatic rings. The molecular weight excluding hydrogens is 427 g/mol. The van der Waals surface area contributed by atoms with Crippen molar-refractivity contribution < 1.29 is 4.39 Å². The Hall–Kier alpha value is -1.63. The lowest BCUT2D eigenvalue weighted by atomic mass is 9.76. The number of rotatable bonds is 11. The molecule has 2 aromatic rings. The maximum absolute atomic E-state index is 15.2. The number of halogens is 1. The normalized spacial score (nSPS) is 25.0. The highest BCUT2D eigenvalue weighted by Gasteiger charge is 2.24. The van der Waals surface area contributed by atoms with E-state index < -0.39 is 0 Å². The van der Waals surface area contributed by atoms with Crippen LogP contribution in [0.3, 0.4) is 0 Å². The Bertz CT molecular complexity index is 866. The van der Waals surface area contributed by atoms with Crippen molar-refractivity contribution in [3.8, 4) is 11.1 Å². The van der Waals surface area contributed by atoms with E-state index in [9.17, 15) is 0 Å². The summed E-state index contributed by atoms with van der Waals surface area (Å²) < 4.78 is 15.2. The van der Waals surface area contributed by atoms with Crippen molar-refractivity contribution in [2.24, 2.45) is 11.8 Å². The predicted octanol–water partition coefficient (Wildman–Crippen LogP) is 11.2. The SMILES string of the molecule is CCCCC[C@H]1CC[C@H](c2ccc(-c3ccc([C@H]4CC[C@H](CCCCC)CC4)cc3F)cc2)CC1. The molecule has 0 radical (unpaired) electrons. The van der Waals surface area contributed by atoms with Gasteiger partial charge in [0.1, 0.15) is 5.82 Å². The van der Waals surface area contributed by atoms with Crippen molar-refractivity contribution in [2.45, 2.75) is 128 Å². The van der Waals surface area contributed by atoms with Crippen LogP contribution in [0, 0.1) is 17.7 Å². The second-order valence-electron chi connectivity index (χ2n) is 11.8. The van der Waals surface area contributed by atoms with E-state index >= 15 is 4.39 Å². The summed E-state index contributed by atoms with van der Waals surface area (Å²) in [5.74, 6) is 3.03. The molecule has 0 spiro atoms. The van der Waals surface area contributed by atoms with Gasteiger partial charge in [0, 0.05) is 5.56 Å². The highest BCUT2D eigenvalue weighted by Crippen LogP contribution is 2.40. The maximum Gasteiger partial charge on any atom is 0.131 e. The number of hydrogen-bond donors (Lipinski definition) is 0. The zero-order chi connectivity index (χ0) is 24.5. The first-order chi connectivity index (χ1) is 17.2. The van der Waals surface area contributed by atoms with Gasteiger partial charge in [-0.3, -0.25) is 0 Å². The Morgan fingerprint density at radius 2 is 1.09 bits per heavy atom. The largest absolute Gasteiger partial charge is 0.206 e. The lowest BCUT2D eigenvalue weighted by Gasteiger charge is -2.29. The summed E-state index contributed by atoms with van der Waals surface area (Å²) in [6, 6.07) is 14.9. The van der Waals surface area contributed by atoms with Crippen molar-refractivity contribution in [1.29, 1.82) is 0 Å². The molecule has 2 aliphatic carbocycles. The topological polar surface area (TPSA) is 0 Å². The molecule has 0 heterocycles. The van der Waals surface area contributed by atoms with E-state index in [1.807, 2.05) is 12.1 Å². The lowest BCUT2D eigenvalue weighted by molar-refractivity contribution is 0.302. The molecule has 0 aliphatic heterocycles. The van der Waals surface area contributed by atoms with Gasteiger partial charge in [-0.1, -0.05) is 102 Å². The lowest BCUT2D eigenvalue weighted by Crippen LogP contribution is -2.13. The molecular formula is C34H49F. The number of benzene rings is 2. The van der Waals surface area contributed by atoms with Crippen LogP contribution < -0.4 is 0 Å². The van der Waals surface area contributed by atoms with Crippen LogP contribution in [0.2, 0.25) is 0 Å². The minimum Gasteiger partial charge on any atom is -0.206 e. The third-order valence-corrected chi connectivity index (χ3v) is 9.28. The summed E-state index contributed by atoms with van der Waals surface area (Å²) in [7, 11) is 0. The molecule has 2 aromatic carbocycles. The van der Waals surface area contributed by atoms with Gasteiger partial charge in [0.05, 0.1) is 0 Å². The van der Waals surface area contributed by atoms with Gasteiger partial charge in [0.2, 0.25) is 0 Å². The second kappa shape index (κ2) is 13.6. The van der Waals surface area contributed by atoms with Gasteiger partial charge in [-0.25, -0.2) is 4.39 Å². The standard InChI is InChI=1S/C34H49F/c1-3-5-7-9-26-11-15-28(16-12-26)29-19-21-31(22-20-29)33-24-23-32(25-34(33)35)30-17-13-27(14-18-30)10-8-6-4-2/h19-28,30H,3-18H2,1-2H3/t26-,27-,28-,30-. The Labute approximate surface area is 215 Å². The van der Waals surface area contributed by atoms with Crippen molar-refractivity contribution in [3.05, 3.63) is 59.4 Å². The van der Waals surface area contributed by atoms with Crippen molar-refractivity contribution in [2.75, 3.05) is 0 Å². The third-order valence-electron chi connectivity index (χ3n) is 9.28. The summed E-state index contributed by atoms with van der Waals surface area (Å²) >= 11 is 0. The van der Waals surface area contributed by atoms with Crippen LogP contribution >= 0.6 is 0 Å². The molecule has 1 heteroatoms. The highest BCUT2D eigenvalue weighted by molar-refractivity contribution is 5.65. The first-order valence-corrected chi connectivity index (χ1v) is 15.1. The van der Waals surface area contributed by atoms with Gasteiger partial charge in [-0.05, 0) is 97.8 Å². The van der Waals surface area contributed by atoms with Gasteiger partial charge in [0.25, 0.3) is 0 Å². The highest BCUT2D eigenvalue weighted by atomic mass is 19.1. The van der Waals surface area contributed by atoms with Crippen molar-refractivity contribution in [1.82, 2.24) is 0 Å². The molecule has 0 saturated heterocycles. The Morgan fingerprint density at radius 3 is 1.57 bits per heavy atom. The van der Waals surface area contributed by atoms with Gasteiger partial charge in [-0.2, -0.15) is 0 Å². The van der Waals surface area contributed by atoms with Crippen LogP contribution in [0.4, 0.5) is 4.39 Å². The van der Waals surface area contributed by atoms with E-state index in [0.29, 0.717) is 11.8 Å². The molecule has 2 fully saturated rings. The fraction of sp³-hybridized carbons (Fsp3) is 0.647. The fourth-order valence-electron chi connectivity index (χ4n) is 6.89. The van der Waals surface area contributed by atoms with Crippen molar-refractivity contribution in [3.63, 3.8) is 0 Å². The van der Waals surface area contributed by atoms with Gasteiger partial charge >= 0.3 is 0 Å². The molecule has 0 nitrogen and oxygen atoms in total. The summed E-state index contributed by atoms with van der Waals surface area (Å²) in [6.45, 7) is 4.58. The van der Waals surface area contributed by atoms with E-state index in [1.165, 1.54) is 114 Å². The average molecular weight is 477 g/mol. The van der Waals surface area contributed by atoms with Gasteiger partial charge in [0.15, 0.2) is 0 Å². The molecule has 0 atom stereocenters. The van der Waals surface area contributed by atoms with Gasteiger partial charge in [-0.15, -0.1) is 0 Å². The molecule has 2 saturated carbocycles. The van der Waals surface area contributed by atoms with E-state index in [2.05, 4.69) is 44.2 Å². The summed E-state index contributed by atoms with van der Waals surface area (Å²) in [5.41, 5.74) is 4.44. The molecule has 4 rings (SSSR count). The molecule has 0 bridgehead atoms. The molecule has 0 aromatic heterocycles. The molecule has 0 N–H and O–H groups in total. The van der Waals surface area contributed by atoms with Crippen LogP contribution in [-0.2, 0) is 0 Å². The molecule has 0 amide bonds. The average Bonchev–Trinajstić information content (AvgIpc) is 2.90. The smallest absolute Gasteiger partial charge is 0.131 e. The Balaban J connectivity index is 1.30.